The Bertz CT molecular complexity index is 802. The molecule has 0 fully saturated rings. The van der Waals surface area contributed by atoms with Gasteiger partial charge in [-0.25, -0.2) is 0 Å². The molecule has 0 aliphatic rings. The molecule has 4 heteroatoms. The normalized spacial score (nSPS) is 10.9. The van der Waals surface area contributed by atoms with Gasteiger partial charge in [-0.2, -0.15) is 5.26 Å². The largest absolute Gasteiger partial charge is 0.494 e. The number of hydrogen-bond donors (Lipinski definition) is 1. The molecule has 0 aliphatic carbocycles. The maximum absolute atomic E-state index is 12.3. The van der Waals surface area contributed by atoms with E-state index in [-0.39, 0.29) is 11.5 Å². The quantitative estimate of drug-likeness (QED) is 0.437. The van der Waals surface area contributed by atoms with E-state index < -0.39 is 0 Å². The standard InChI is InChI=1S/C22H24N2O2/c1-3-4-12-26-21-7-5-6-19(14-21)13-20(15-23)22(25)24-16-18-10-8-17(2)9-11-18/h5-11,13-14H,3-4,12,16H2,1-2H3,(H,24,25)/b20-13+. The van der Waals surface area contributed by atoms with Crippen molar-refractivity contribution in [1.82, 2.24) is 5.32 Å². The van der Waals surface area contributed by atoms with E-state index >= 15 is 0 Å². The van der Waals surface area contributed by atoms with Crippen molar-refractivity contribution in [2.24, 2.45) is 0 Å². The number of nitriles is 1. The fourth-order valence-electron chi connectivity index (χ4n) is 2.33. The van der Waals surface area contributed by atoms with E-state index in [1.165, 1.54) is 5.56 Å². The number of nitrogens with one attached hydrogen (secondary N) is 1. The smallest absolute Gasteiger partial charge is 0.262 e. The lowest BCUT2D eigenvalue weighted by molar-refractivity contribution is -0.117. The number of amides is 1. The Morgan fingerprint density at radius 2 is 2.00 bits per heavy atom. The van der Waals surface area contributed by atoms with Gasteiger partial charge in [0.25, 0.3) is 5.91 Å². The van der Waals surface area contributed by atoms with Gasteiger partial charge in [-0.15, -0.1) is 0 Å². The molecule has 134 valence electrons. The molecule has 0 aromatic heterocycles. The van der Waals surface area contributed by atoms with Crippen molar-refractivity contribution in [2.45, 2.75) is 33.2 Å². The number of benzene rings is 2. The minimum absolute atomic E-state index is 0.0721. The third kappa shape index (κ3) is 6.10. The third-order valence-electron chi connectivity index (χ3n) is 3.87. The van der Waals surface area contributed by atoms with E-state index in [1.807, 2.05) is 61.5 Å². The van der Waals surface area contributed by atoms with Crippen LogP contribution in [0.2, 0.25) is 0 Å². The lowest BCUT2D eigenvalue weighted by Gasteiger charge is -2.07. The van der Waals surface area contributed by atoms with E-state index in [2.05, 4.69) is 12.2 Å². The Balaban J connectivity index is 2.02. The number of carbonyl (C=O) groups is 1. The summed E-state index contributed by atoms with van der Waals surface area (Å²) in [5.41, 5.74) is 3.00. The zero-order valence-corrected chi connectivity index (χ0v) is 15.3. The molecule has 0 saturated heterocycles. The van der Waals surface area contributed by atoms with Crippen LogP contribution in [0.25, 0.3) is 6.08 Å². The summed E-state index contributed by atoms with van der Waals surface area (Å²) in [5.74, 6) is 0.356. The van der Waals surface area contributed by atoms with Crippen LogP contribution in [0.4, 0.5) is 0 Å². The fraction of sp³-hybridized carbons (Fsp3) is 0.273. The summed E-state index contributed by atoms with van der Waals surface area (Å²) in [7, 11) is 0. The summed E-state index contributed by atoms with van der Waals surface area (Å²) >= 11 is 0. The van der Waals surface area contributed by atoms with Gasteiger partial charge in [-0.1, -0.05) is 55.3 Å². The van der Waals surface area contributed by atoms with Crippen LogP contribution in [0.15, 0.2) is 54.1 Å². The summed E-state index contributed by atoms with van der Waals surface area (Å²) in [5, 5.41) is 12.1. The molecular weight excluding hydrogens is 324 g/mol. The van der Waals surface area contributed by atoms with Crippen LogP contribution in [0, 0.1) is 18.3 Å². The molecule has 0 aliphatic heterocycles. The Morgan fingerprint density at radius 3 is 2.69 bits per heavy atom. The Labute approximate surface area is 155 Å². The van der Waals surface area contributed by atoms with Crippen molar-refractivity contribution in [3.05, 3.63) is 70.8 Å². The van der Waals surface area contributed by atoms with Crippen LogP contribution in [-0.2, 0) is 11.3 Å². The van der Waals surface area contributed by atoms with Gasteiger partial charge in [0.15, 0.2) is 0 Å². The number of aryl methyl sites for hydroxylation is 1. The van der Waals surface area contributed by atoms with Gasteiger partial charge >= 0.3 is 0 Å². The van der Waals surface area contributed by atoms with Crippen LogP contribution in [0.5, 0.6) is 5.75 Å². The Hall–Kier alpha value is -3.06. The van der Waals surface area contributed by atoms with Crippen molar-refractivity contribution in [3.8, 4) is 11.8 Å². The van der Waals surface area contributed by atoms with Crippen LogP contribution >= 0.6 is 0 Å². The number of ether oxygens (including phenoxy) is 1. The highest BCUT2D eigenvalue weighted by Crippen LogP contribution is 2.16. The number of nitrogens with zero attached hydrogens (tertiary/aromatic N) is 1. The number of unbranched alkanes of at least 4 members (excludes halogenated alkanes) is 1. The van der Waals surface area contributed by atoms with E-state index in [0.29, 0.717) is 13.2 Å². The van der Waals surface area contributed by atoms with Gasteiger partial charge in [0.2, 0.25) is 0 Å². The zero-order chi connectivity index (χ0) is 18.8. The van der Waals surface area contributed by atoms with Gasteiger partial charge in [0.1, 0.15) is 17.4 Å². The van der Waals surface area contributed by atoms with Crippen LogP contribution in [0.3, 0.4) is 0 Å². The van der Waals surface area contributed by atoms with Crippen molar-refractivity contribution >= 4 is 12.0 Å². The van der Waals surface area contributed by atoms with Crippen molar-refractivity contribution in [1.29, 1.82) is 5.26 Å². The molecule has 0 saturated carbocycles. The Morgan fingerprint density at radius 1 is 1.23 bits per heavy atom. The van der Waals surface area contributed by atoms with Crippen LogP contribution in [0.1, 0.15) is 36.5 Å². The van der Waals surface area contributed by atoms with Gasteiger partial charge in [-0.05, 0) is 42.7 Å². The second-order valence-corrected chi connectivity index (χ2v) is 6.11. The lowest BCUT2D eigenvalue weighted by atomic mass is 10.1. The molecule has 0 unspecified atom stereocenters. The molecule has 1 N–H and O–H groups in total. The monoisotopic (exact) mass is 348 g/mol. The Kier molecular flexibility index (Phi) is 7.45. The first-order valence-electron chi connectivity index (χ1n) is 8.80. The molecule has 0 radical (unpaired) electrons. The van der Waals surface area contributed by atoms with Crippen molar-refractivity contribution in [2.75, 3.05) is 6.61 Å². The molecule has 0 atom stereocenters. The molecule has 26 heavy (non-hydrogen) atoms. The first-order chi connectivity index (χ1) is 12.6. The SMILES string of the molecule is CCCCOc1cccc(/C=C(\C#N)C(=O)NCc2ccc(C)cc2)c1. The minimum Gasteiger partial charge on any atom is -0.494 e. The molecule has 0 spiro atoms. The van der Waals surface area contributed by atoms with Gasteiger partial charge in [0, 0.05) is 6.54 Å². The lowest BCUT2D eigenvalue weighted by Crippen LogP contribution is -2.23. The first kappa shape index (κ1) is 19.3. The highest BCUT2D eigenvalue weighted by Gasteiger charge is 2.09. The number of hydrogen-bond acceptors (Lipinski definition) is 3. The predicted octanol–water partition coefficient (Wildman–Crippen LogP) is 4.40. The summed E-state index contributed by atoms with van der Waals surface area (Å²) < 4.78 is 5.66. The summed E-state index contributed by atoms with van der Waals surface area (Å²) in [6.45, 7) is 5.17. The van der Waals surface area contributed by atoms with E-state index in [0.717, 1.165) is 29.7 Å². The topological polar surface area (TPSA) is 62.1 Å². The van der Waals surface area contributed by atoms with E-state index in [4.69, 9.17) is 4.74 Å². The van der Waals surface area contributed by atoms with Gasteiger partial charge < -0.3 is 10.1 Å². The maximum atomic E-state index is 12.3. The second kappa shape index (κ2) is 10.0. The predicted molar refractivity (Wildman–Crippen MR) is 103 cm³/mol. The highest BCUT2D eigenvalue weighted by atomic mass is 16.5. The zero-order valence-electron chi connectivity index (χ0n) is 15.3. The van der Waals surface area contributed by atoms with E-state index in [1.54, 1.807) is 6.08 Å². The maximum Gasteiger partial charge on any atom is 0.262 e. The minimum atomic E-state index is -0.384. The molecule has 0 heterocycles. The molecule has 2 aromatic carbocycles. The van der Waals surface area contributed by atoms with Crippen LogP contribution < -0.4 is 10.1 Å². The summed E-state index contributed by atoms with van der Waals surface area (Å²) in [6.07, 6.45) is 3.64. The average Bonchev–Trinajstić information content (AvgIpc) is 2.66. The molecule has 0 bridgehead atoms. The average molecular weight is 348 g/mol. The molecule has 1 amide bonds. The molecule has 4 nitrogen and oxygen atoms in total. The van der Waals surface area contributed by atoms with Crippen molar-refractivity contribution < 1.29 is 9.53 Å². The van der Waals surface area contributed by atoms with Crippen LogP contribution in [-0.4, -0.2) is 12.5 Å². The van der Waals surface area contributed by atoms with E-state index in [9.17, 15) is 10.1 Å². The fourth-order valence-corrected chi connectivity index (χ4v) is 2.33. The van der Waals surface area contributed by atoms with Crippen molar-refractivity contribution in [3.63, 3.8) is 0 Å². The second-order valence-electron chi connectivity index (χ2n) is 6.11. The van der Waals surface area contributed by atoms with Gasteiger partial charge in [-0.3, -0.25) is 4.79 Å². The summed E-state index contributed by atoms with van der Waals surface area (Å²) in [6, 6.07) is 17.3. The molecule has 2 rings (SSSR count). The number of rotatable bonds is 8. The third-order valence-corrected chi connectivity index (χ3v) is 3.87. The summed E-state index contributed by atoms with van der Waals surface area (Å²) in [4.78, 5) is 12.3. The number of carbonyl (C=O) groups excluding carboxylic acids is 1. The first-order valence-corrected chi connectivity index (χ1v) is 8.80. The molecule has 2 aromatic rings. The highest BCUT2D eigenvalue weighted by molar-refractivity contribution is 6.01. The van der Waals surface area contributed by atoms with Gasteiger partial charge in [0.05, 0.1) is 6.61 Å². The molecular formula is C22H24N2O2.